The molecule has 0 saturated heterocycles. The summed E-state index contributed by atoms with van der Waals surface area (Å²) < 4.78 is 11.3. The molecular formula is C15H23NO2. The minimum atomic E-state index is 0.391. The quantitative estimate of drug-likeness (QED) is 0.756. The van der Waals surface area contributed by atoms with E-state index in [0.717, 1.165) is 37.3 Å². The molecule has 0 spiro atoms. The van der Waals surface area contributed by atoms with Gasteiger partial charge in [0.05, 0.1) is 13.2 Å². The zero-order valence-corrected chi connectivity index (χ0v) is 11.2. The Hall–Kier alpha value is -1.22. The molecular weight excluding hydrogens is 226 g/mol. The van der Waals surface area contributed by atoms with Crippen LogP contribution in [0.15, 0.2) is 18.2 Å². The molecule has 0 unspecified atom stereocenters. The molecule has 3 nitrogen and oxygen atoms in total. The van der Waals surface area contributed by atoms with E-state index in [1.165, 1.54) is 24.8 Å². The van der Waals surface area contributed by atoms with E-state index in [4.69, 9.17) is 15.2 Å². The maximum absolute atomic E-state index is 5.91. The van der Waals surface area contributed by atoms with E-state index in [1.807, 2.05) is 6.07 Å². The van der Waals surface area contributed by atoms with Crippen molar-refractivity contribution < 1.29 is 9.47 Å². The van der Waals surface area contributed by atoms with Crippen molar-refractivity contribution in [1.82, 2.24) is 0 Å². The van der Waals surface area contributed by atoms with Gasteiger partial charge in [0.15, 0.2) is 11.5 Å². The van der Waals surface area contributed by atoms with Crippen molar-refractivity contribution in [3.05, 3.63) is 23.8 Å². The van der Waals surface area contributed by atoms with E-state index in [-0.39, 0.29) is 0 Å². The Balaban J connectivity index is 1.97. The summed E-state index contributed by atoms with van der Waals surface area (Å²) in [7, 11) is 1.70. The second-order valence-electron chi connectivity index (χ2n) is 4.90. The van der Waals surface area contributed by atoms with Gasteiger partial charge in [-0.2, -0.15) is 0 Å². The lowest BCUT2D eigenvalue weighted by Crippen LogP contribution is -2.24. The van der Waals surface area contributed by atoms with Crippen LogP contribution in [0, 0.1) is 0 Å². The zero-order chi connectivity index (χ0) is 12.8. The third-order valence-electron chi connectivity index (χ3n) is 3.49. The minimum Gasteiger partial charge on any atom is -0.493 e. The molecule has 1 aromatic rings. The summed E-state index contributed by atoms with van der Waals surface area (Å²) in [5.74, 6) is 1.73. The Morgan fingerprint density at radius 1 is 1.22 bits per heavy atom. The zero-order valence-electron chi connectivity index (χ0n) is 11.2. The molecule has 0 atom stereocenters. The smallest absolute Gasteiger partial charge is 0.161 e. The molecule has 0 heterocycles. The number of hydrogen-bond acceptors (Lipinski definition) is 3. The molecule has 3 heteroatoms. The summed E-state index contributed by atoms with van der Waals surface area (Å²) in [5.41, 5.74) is 6.80. The van der Waals surface area contributed by atoms with Crippen LogP contribution in [0.1, 0.15) is 37.7 Å². The first-order valence-corrected chi connectivity index (χ1v) is 6.87. The van der Waals surface area contributed by atoms with Gasteiger partial charge in [-0.1, -0.05) is 6.07 Å². The van der Waals surface area contributed by atoms with E-state index in [9.17, 15) is 0 Å². The number of methoxy groups -OCH3 is 1. The van der Waals surface area contributed by atoms with Crippen molar-refractivity contribution in [3.63, 3.8) is 0 Å². The molecule has 1 saturated carbocycles. The Bertz CT molecular complexity index is 375. The largest absolute Gasteiger partial charge is 0.493 e. The monoisotopic (exact) mass is 249 g/mol. The Labute approximate surface area is 109 Å². The first kappa shape index (κ1) is 13.2. The summed E-state index contributed by atoms with van der Waals surface area (Å²) >= 11 is 0. The highest BCUT2D eigenvalue weighted by Gasteiger charge is 2.20. The van der Waals surface area contributed by atoms with Gasteiger partial charge >= 0.3 is 0 Å². The van der Waals surface area contributed by atoms with Crippen molar-refractivity contribution >= 4 is 0 Å². The summed E-state index contributed by atoms with van der Waals surface area (Å²) in [6.45, 7) is 0.764. The van der Waals surface area contributed by atoms with Gasteiger partial charge in [-0.05, 0) is 62.8 Å². The highest BCUT2D eigenvalue weighted by molar-refractivity contribution is 5.43. The molecule has 1 aromatic carbocycles. The SMILES string of the molecule is COc1cc(CCCCN)ccc1OC1CCC1. The average molecular weight is 249 g/mol. The Morgan fingerprint density at radius 3 is 2.67 bits per heavy atom. The van der Waals surface area contributed by atoms with Gasteiger partial charge in [-0.25, -0.2) is 0 Å². The highest BCUT2D eigenvalue weighted by atomic mass is 16.5. The molecule has 0 amide bonds. The standard InChI is InChI=1S/C15H23NO2/c1-17-15-11-12(5-2-3-10-16)8-9-14(15)18-13-6-4-7-13/h8-9,11,13H,2-7,10,16H2,1H3. The van der Waals surface area contributed by atoms with Gasteiger partial charge in [0, 0.05) is 0 Å². The molecule has 0 aromatic heterocycles. The molecule has 1 fully saturated rings. The number of ether oxygens (including phenoxy) is 2. The van der Waals surface area contributed by atoms with Gasteiger partial charge in [0.2, 0.25) is 0 Å². The van der Waals surface area contributed by atoms with Crippen LogP contribution in [0.3, 0.4) is 0 Å². The van der Waals surface area contributed by atoms with E-state index in [2.05, 4.69) is 12.1 Å². The van der Waals surface area contributed by atoms with Crippen LogP contribution in [-0.4, -0.2) is 19.8 Å². The average Bonchev–Trinajstić information content (AvgIpc) is 2.35. The number of nitrogens with two attached hydrogens (primary N) is 1. The number of rotatable bonds is 7. The van der Waals surface area contributed by atoms with Crippen LogP contribution in [0.25, 0.3) is 0 Å². The fourth-order valence-corrected chi connectivity index (χ4v) is 2.11. The number of aryl methyl sites for hydroxylation is 1. The van der Waals surface area contributed by atoms with Crippen LogP contribution in [-0.2, 0) is 6.42 Å². The van der Waals surface area contributed by atoms with Crippen LogP contribution in [0.2, 0.25) is 0 Å². The van der Waals surface area contributed by atoms with Gasteiger partial charge in [0.1, 0.15) is 0 Å². The van der Waals surface area contributed by atoms with Crippen molar-refractivity contribution in [2.24, 2.45) is 5.73 Å². The summed E-state index contributed by atoms with van der Waals surface area (Å²) in [6.07, 6.45) is 7.26. The molecule has 0 radical (unpaired) electrons. The minimum absolute atomic E-state index is 0.391. The third-order valence-corrected chi connectivity index (χ3v) is 3.49. The lowest BCUT2D eigenvalue weighted by atomic mass is 9.96. The molecule has 2 rings (SSSR count). The van der Waals surface area contributed by atoms with Crippen LogP contribution >= 0.6 is 0 Å². The lowest BCUT2D eigenvalue weighted by molar-refractivity contribution is 0.116. The van der Waals surface area contributed by atoms with Crippen molar-refractivity contribution in [1.29, 1.82) is 0 Å². The topological polar surface area (TPSA) is 44.5 Å². The second kappa shape index (κ2) is 6.64. The predicted octanol–water partition coefficient (Wildman–Crippen LogP) is 2.91. The predicted molar refractivity (Wildman–Crippen MR) is 73.3 cm³/mol. The van der Waals surface area contributed by atoms with Crippen LogP contribution < -0.4 is 15.2 Å². The fraction of sp³-hybridized carbons (Fsp3) is 0.600. The van der Waals surface area contributed by atoms with E-state index >= 15 is 0 Å². The molecule has 18 heavy (non-hydrogen) atoms. The summed E-state index contributed by atoms with van der Waals surface area (Å²) in [6, 6.07) is 6.26. The molecule has 2 N–H and O–H groups in total. The van der Waals surface area contributed by atoms with E-state index in [0.29, 0.717) is 6.10 Å². The second-order valence-corrected chi connectivity index (χ2v) is 4.90. The van der Waals surface area contributed by atoms with Gasteiger partial charge in [0.25, 0.3) is 0 Å². The third kappa shape index (κ3) is 3.39. The molecule has 1 aliphatic rings. The fourth-order valence-electron chi connectivity index (χ4n) is 2.11. The van der Waals surface area contributed by atoms with Gasteiger partial charge in [-0.15, -0.1) is 0 Å². The Kier molecular flexibility index (Phi) is 4.88. The normalized spacial score (nSPS) is 15.2. The van der Waals surface area contributed by atoms with Gasteiger partial charge in [-0.3, -0.25) is 0 Å². The van der Waals surface area contributed by atoms with Crippen molar-refractivity contribution in [3.8, 4) is 11.5 Å². The van der Waals surface area contributed by atoms with E-state index in [1.54, 1.807) is 7.11 Å². The summed E-state index contributed by atoms with van der Waals surface area (Å²) in [4.78, 5) is 0. The van der Waals surface area contributed by atoms with Crippen LogP contribution in [0.5, 0.6) is 11.5 Å². The molecule has 100 valence electrons. The Morgan fingerprint density at radius 2 is 2.06 bits per heavy atom. The van der Waals surface area contributed by atoms with Gasteiger partial charge < -0.3 is 15.2 Å². The molecule has 1 aliphatic carbocycles. The summed E-state index contributed by atoms with van der Waals surface area (Å²) in [5, 5.41) is 0. The maximum Gasteiger partial charge on any atom is 0.161 e. The van der Waals surface area contributed by atoms with Crippen molar-refractivity contribution in [2.45, 2.75) is 44.6 Å². The highest BCUT2D eigenvalue weighted by Crippen LogP contribution is 2.33. The number of unbranched alkanes of at least 4 members (excludes halogenated alkanes) is 1. The maximum atomic E-state index is 5.91. The number of benzene rings is 1. The number of hydrogen-bond donors (Lipinski definition) is 1. The molecule has 0 bridgehead atoms. The lowest BCUT2D eigenvalue weighted by Gasteiger charge is -2.27. The first-order valence-electron chi connectivity index (χ1n) is 6.87. The van der Waals surface area contributed by atoms with E-state index < -0.39 is 0 Å². The first-order chi connectivity index (χ1) is 8.83. The molecule has 0 aliphatic heterocycles. The van der Waals surface area contributed by atoms with Crippen molar-refractivity contribution in [2.75, 3.05) is 13.7 Å². The van der Waals surface area contributed by atoms with Crippen LogP contribution in [0.4, 0.5) is 0 Å².